The minimum Gasteiger partial charge on any atom is -0.481 e. The van der Waals surface area contributed by atoms with Crippen LogP contribution in [-0.4, -0.2) is 33.7 Å². The molecule has 0 saturated carbocycles. The first kappa shape index (κ1) is 18.1. The van der Waals surface area contributed by atoms with Crippen LogP contribution >= 0.6 is 0 Å². The van der Waals surface area contributed by atoms with Crippen molar-refractivity contribution in [2.24, 2.45) is 0 Å². The molecule has 0 amide bonds. The topological polar surface area (TPSA) is 109 Å². The Bertz CT molecular complexity index is 733. The first-order valence-corrected chi connectivity index (χ1v) is 7.53. The van der Waals surface area contributed by atoms with Gasteiger partial charge >= 0.3 is 11.9 Å². The van der Waals surface area contributed by atoms with Gasteiger partial charge in [0, 0.05) is 11.1 Å². The number of hydrogen-bond acceptors (Lipinski definition) is 4. The number of carbonyl (C=O) groups excluding carboxylic acids is 2. The van der Waals surface area contributed by atoms with E-state index in [-0.39, 0.29) is 30.8 Å². The maximum atomic E-state index is 12.2. The Kier molecular flexibility index (Phi) is 5.79. The molecule has 0 aliphatic heterocycles. The van der Waals surface area contributed by atoms with Crippen LogP contribution in [0, 0.1) is 0 Å². The minimum atomic E-state index is -0.958. The Labute approximate surface area is 143 Å². The summed E-state index contributed by atoms with van der Waals surface area (Å²) < 4.78 is 0. The van der Waals surface area contributed by atoms with Crippen LogP contribution in [0.3, 0.4) is 0 Å². The summed E-state index contributed by atoms with van der Waals surface area (Å²) in [6, 6.07) is 12.2. The van der Waals surface area contributed by atoms with Gasteiger partial charge in [-0.05, 0) is 11.1 Å². The predicted molar refractivity (Wildman–Crippen MR) is 88.8 cm³/mol. The van der Waals surface area contributed by atoms with E-state index in [1.807, 2.05) is 0 Å². The Morgan fingerprint density at radius 3 is 1.20 bits per heavy atom. The molecule has 2 aromatic rings. The molecule has 2 N–H and O–H groups in total. The van der Waals surface area contributed by atoms with Gasteiger partial charge in [0.25, 0.3) is 0 Å². The number of rotatable bonds is 8. The minimum absolute atomic E-state index is 0.129. The van der Waals surface area contributed by atoms with E-state index < -0.39 is 11.9 Å². The molecule has 0 aliphatic rings. The maximum Gasteiger partial charge on any atom is 0.307 e. The zero-order valence-corrected chi connectivity index (χ0v) is 13.3. The number of Topliss-reactive ketones (excluding diaryl/α,β-unsaturated/α-hetero) is 2. The number of carbonyl (C=O) groups is 4. The van der Waals surface area contributed by atoms with Crippen molar-refractivity contribution in [3.63, 3.8) is 0 Å². The summed E-state index contributed by atoms with van der Waals surface area (Å²) in [5.74, 6) is -2.64. The van der Waals surface area contributed by atoms with Gasteiger partial charge in [0.1, 0.15) is 0 Å². The van der Waals surface area contributed by atoms with Crippen molar-refractivity contribution in [3.05, 3.63) is 70.8 Å². The fourth-order valence-corrected chi connectivity index (χ4v) is 2.32. The van der Waals surface area contributed by atoms with Crippen molar-refractivity contribution in [2.75, 3.05) is 0 Å². The molecule has 0 radical (unpaired) electrons. The highest BCUT2D eigenvalue weighted by Gasteiger charge is 2.14. The van der Waals surface area contributed by atoms with Gasteiger partial charge in [0.2, 0.25) is 0 Å². The fourth-order valence-electron chi connectivity index (χ4n) is 2.32. The third-order valence-electron chi connectivity index (χ3n) is 3.58. The summed E-state index contributed by atoms with van der Waals surface area (Å²) in [6.45, 7) is 0. The molecule has 6 heteroatoms. The summed E-state index contributed by atoms with van der Waals surface area (Å²) in [4.78, 5) is 45.6. The van der Waals surface area contributed by atoms with Crippen LogP contribution in [0.1, 0.15) is 38.3 Å². The Hall–Kier alpha value is -3.28. The number of carboxylic acids is 2. The van der Waals surface area contributed by atoms with E-state index in [0.29, 0.717) is 22.3 Å². The third-order valence-corrected chi connectivity index (χ3v) is 3.58. The Morgan fingerprint density at radius 1 is 0.600 bits per heavy atom. The van der Waals surface area contributed by atoms with E-state index in [0.717, 1.165) is 0 Å². The van der Waals surface area contributed by atoms with Crippen LogP contribution in [0.4, 0.5) is 0 Å². The molecule has 6 nitrogen and oxygen atoms in total. The zero-order valence-electron chi connectivity index (χ0n) is 13.3. The van der Waals surface area contributed by atoms with Crippen LogP contribution in [0.5, 0.6) is 0 Å². The third kappa shape index (κ3) is 5.39. The largest absolute Gasteiger partial charge is 0.481 e. The lowest BCUT2D eigenvalue weighted by molar-refractivity contribution is -0.137. The van der Waals surface area contributed by atoms with Crippen molar-refractivity contribution < 1.29 is 29.4 Å². The van der Waals surface area contributed by atoms with Gasteiger partial charge in [-0.2, -0.15) is 0 Å². The van der Waals surface area contributed by atoms with Crippen molar-refractivity contribution in [1.29, 1.82) is 0 Å². The fraction of sp³-hybridized carbons (Fsp3) is 0.158. The Morgan fingerprint density at radius 2 is 0.920 bits per heavy atom. The van der Waals surface area contributed by atoms with Crippen molar-refractivity contribution in [2.45, 2.75) is 19.3 Å². The quantitative estimate of drug-likeness (QED) is 0.564. The molecule has 0 heterocycles. The summed E-state index contributed by atoms with van der Waals surface area (Å²) in [5, 5.41) is 17.4. The predicted octanol–water partition coefficient (Wildman–Crippen LogP) is 2.40. The van der Waals surface area contributed by atoms with Crippen molar-refractivity contribution in [3.8, 4) is 0 Å². The molecule has 0 aromatic heterocycles. The zero-order chi connectivity index (χ0) is 18.4. The molecule has 0 spiro atoms. The van der Waals surface area contributed by atoms with E-state index in [2.05, 4.69) is 0 Å². The summed E-state index contributed by atoms with van der Waals surface area (Å²) in [7, 11) is 0. The highest BCUT2D eigenvalue weighted by atomic mass is 16.4. The molecule has 0 atom stereocenters. The van der Waals surface area contributed by atoms with Crippen LogP contribution in [0.25, 0.3) is 0 Å². The lowest BCUT2D eigenvalue weighted by atomic mass is 9.99. The van der Waals surface area contributed by atoms with Crippen LogP contribution in [-0.2, 0) is 22.4 Å². The van der Waals surface area contributed by atoms with Gasteiger partial charge in [0.15, 0.2) is 11.6 Å². The highest BCUT2D eigenvalue weighted by Crippen LogP contribution is 2.12. The van der Waals surface area contributed by atoms with Crippen molar-refractivity contribution >= 4 is 23.5 Å². The van der Waals surface area contributed by atoms with Crippen LogP contribution in [0.2, 0.25) is 0 Å². The van der Waals surface area contributed by atoms with Gasteiger partial charge < -0.3 is 10.2 Å². The normalized spacial score (nSPS) is 10.2. The maximum absolute atomic E-state index is 12.2. The Balaban J connectivity index is 2.00. The molecule has 0 bridgehead atoms. The molecule has 0 unspecified atom stereocenters. The van der Waals surface area contributed by atoms with Crippen molar-refractivity contribution in [1.82, 2.24) is 0 Å². The molecule has 0 saturated heterocycles. The number of carboxylic acid groups (broad SMARTS) is 2. The second-order valence-electron chi connectivity index (χ2n) is 5.56. The smallest absolute Gasteiger partial charge is 0.307 e. The second kappa shape index (κ2) is 8.01. The lowest BCUT2D eigenvalue weighted by Crippen LogP contribution is -2.09. The average molecular weight is 340 g/mol. The first-order chi connectivity index (χ1) is 11.8. The number of hydrogen-bond donors (Lipinski definition) is 2. The highest BCUT2D eigenvalue weighted by molar-refractivity contribution is 6.13. The van der Waals surface area contributed by atoms with Crippen LogP contribution in [0.15, 0.2) is 48.5 Å². The van der Waals surface area contributed by atoms with E-state index in [4.69, 9.17) is 10.2 Å². The molecule has 0 aliphatic carbocycles. The van der Waals surface area contributed by atoms with E-state index in [9.17, 15) is 19.2 Å². The molecule has 0 fully saturated rings. The standard InChI is InChI=1S/C19H16O6/c20-16(14-5-1-12(2-6-14)9-18(22)23)11-17(21)15-7-3-13(4-8-15)10-19(24)25/h1-8H,9-11H2,(H,22,23)(H,24,25). The van der Waals surface area contributed by atoms with Gasteiger partial charge in [0.05, 0.1) is 19.3 Å². The van der Waals surface area contributed by atoms with Gasteiger partial charge in [-0.1, -0.05) is 48.5 Å². The number of benzene rings is 2. The van der Waals surface area contributed by atoms with E-state index >= 15 is 0 Å². The molecular weight excluding hydrogens is 324 g/mol. The van der Waals surface area contributed by atoms with Gasteiger partial charge in [-0.15, -0.1) is 0 Å². The monoisotopic (exact) mass is 340 g/mol. The summed E-state index contributed by atoms with van der Waals surface area (Å²) in [6.07, 6.45) is -0.567. The number of ketones is 2. The molecule has 25 heavy (non-hydrogen) atoms. The SMILES string of the molecule is O=C(O)Cc1ccc(C(=O)CC(=O)c2ccc(CC(=O)O)cc2)cc1. The molecular formula is C19H16O6. The second-order valence-corrected chi connectivity index (χ2v) is 5.56. The molecule has 128 valence electrons. The molecule has 2 rings (SSSR count). The van der Waals surface area contributed by atoms with Gasteiger partial charge in [-0.3, -0.25) is 19.2 Å². The van der Waals surface area contributed by atoms with E-state index in [1.54, 1.807) is 24.3 Å². The summed E-state index contributed by atoms with van der Waals surface area (Å²) >= 11 is 0. The lowest BCUT2D eigenvalue weighted by Gasteiger charge is -2.04. The van der Waals surface area contributed by atoms with Crippen LogP contribution < -0.4 is 0 Å². The molecule has 2 aromatic carbocycles. The van der Waals surface area contributed by atoms with Gasteiger partial charge in [-0.25, -0.2) is 0 Å². The first-order valence-electron chi connectivity index (χ1n) is 7.53. The number of aliphatic carboxylic acids is 2. The van der Waals surface area contributed by atoms with E-state index in [1.165, 1.54) is 24.3 Å². The summed E-state index contributed by atoms with van der Waals surface area (Å²) in [5.41, 5.74) is 1.82. The average Bonchev–Trinajstić information content (AvgIpc) is 2.55.